The van der Waals surface area contributed by atoms with Crippen LogP contribution in [0.4, 0.5) is 0 Å². The Kier molecular flexibility index (Phi) is 3.33. The van der Waals surface area contributed by atoms with Crippen LogP contribution in [0, 0.1) is 5.41 Å². The van der Waals surface area contributed by atoms with Gasteiger partial charge in [0.05, 0.1) is 12.0 Å². The van der Waals surface area contributed by atoms with Crippen LogP contribution in [-0.2, 0) is 11.2 Å². The first-order valence-corrected chi connectivity index (χ1v) is 5.50. The largest absolute Gasteiger partial charge is 0.616 e. The highest BCUT2D eigenvalue weighted by molar-refractivity contribution is 7.91. The number of benzene rings is 1. The zero-order chi connectivity index (χ0) is 9.84. The van der Waals surface area contributed by atoms with Gasteiger partial charge in [-0.3, -0.25) is 5.41 Å². The van der Waals surface area contributed by atoms with E-state index in [0.29, 0.717) is 5.56 Å². The summed E-state index contributed by atoms with van der Waals surface area (Å²) in [6, 6.07) is 6.59. The highest BCUT2D eigenvalue weighted by atomic mass is 32.2. The first-order valence-electron chi connectivity index (χ1n) is 3.77. The van der Waals surface area contributed by atoms with E-state index in [1.165, 1.54) is 12.3 Å². The molecule has 0 aromatic heterocycles. The lowest BCUT2D eigenvalue weighted by atomic mass is 10.1. The molecule has 2 N–H and O–H groups in total. The van der Waals surface area contributed by atoms with Gasteiger partial charge in [0, 0.05) is 5.56 Å². The fourth-order valence-corrected chi connectivity index (χ4v) is 1.57. The van der Waals surface area contributed by atoms with Crippen LogP contribution in [0.15, 0.2) is 24.3 Å². The van der Waals surface area contributed by atoms with Crippen LogP contribution in [0.2, 0.25) is 0 Å². The fourth-order valence-electron chi connectivity index (χ4n) is 1.01. The van der Waals surface area contributed by atoms with Crippen molar-refractivity contribution in [3.63, 3.8) is 0 Å². The average Bonchev–Trinajstić information content (AvgIpc) is 2.03. The van der Waals surface area contributed by atoms with Crippen molar-refractivity contribution in [1.82, 2.24) is 0 Å². The van der Waals surface area contributed by atoms with Crippen LogP contribution < -0.4 is 0 Å². The lowest BCUT2D eigenvalue weighted by molar-refractivity contribution is 0.474. The quantitative estimate of drug-likeness (QED) is 0.563. The summed E-state index contributed by atoms with van der Waals surface area (Å²) in [6.07, 6.45) is 1.54. The van der Waals surface area contributed by atoms with Gasteiger partial charge < -0.3 is 9.66 Å². The molecule has 70 valence electrons. The van der Waals surface area contributed by atoms with Gasteiger partial charge in [0.25, 0.3) is 0 Å². The maximum Gasteiger partial charge on any atom is 0.147 e. The molecule has 1 unspecified atom stereocenters. The predicted molar refractivity (Wildman–Crippen MR) is 53.9 cm³/mol. The van der Waals surface area contributed by atoms with Crippen molar-refractivity contribution in [2.75, 3.05) is 12.0 Å². The second-order valence-corrected chi connectivity index (χ2v) is 4.15. The summed E-state index contributed by atoms with van der Waals surface area (Å²) in [6.45, 7) is 0. The molecule has 0 radical (unpaired) electrons. The fraction of sp³-hybridized carbons (Fsp3) is 0.222. The monoisotopic (exact) mass is 197 g/mol. The number of nitrogens with one attached hydrogen (secondary N) is 1. The maximum atomic E-state index is 10.8. The van der Waals surface area contributed by atoms with Gasteiger partial charge in [0.1, 0.15) is 11.5 Å². The Bertz CT molecular complexity index is 312. The third-order valence-electron chi connectivity index (χ3n) is 1.58. The minimum absolute atomic E-state index is 0.0675. The summed E-state index contributed by atoms with van der Waals surface area (Å²) >= 11 is -1.04. The van der Waals surface area contributed by atoms with Crippen molar-refractivity contribution in [2.24, 2.45) is 0 Å². The van der Waals surface area contributed by atoms with Crippen LogP contribution in [-0.4, -0.2) is 27.4 Å². The first-order chi connectivity index (χ1) is 6.11. The van der Waals surface area contributed by atoms with Crippen molar-refractivity contribution >= 4 is 16.9 Å². The Morgan fingerprint density at radius 3 is 2.69 bits per heavy atom. The maximum absolute atomic E-state index is 10.8. The van der Waals surface area contributed by atoms with E-state index in [1.807, 2.05) is 0 Å². The smallest absolute Gasteiger partial charge is 0.147 e. The Labute approximate surface area is 80.1 Å². The van der Waals surface area contributed by atoms with Gasteiger partial charge in [-0.2, -0.15) is 0 Å². The summed E-state index contributed by atoms with van der Waals surface area (Å²) in [4.78, 5) is 0. The molecule has 4 heteroatoms. The van der Waals surface area contributed by atoms with Crippen molar-refractivity contribution in [3.8, 4) is 5.75 Å². The standard InChI is InChI=1S/C9H11NO2S/c1-13(12)6-8(10)7-4-2-3-5-9(7)11/h2-5,10-11H,6H2,1H3. The zero-order valence-electron chi connectivity index (χ0n) is 7.28. The Hall–Kier alpha value is -1.00. The molecule has 1 atom stereocenters. The van der Waals surface area contributed by atoms with E-state index in [1.54, 1.807) is 18.2 Å². The van der Waals surface area contributed by atoms with E-state index >= 15 is 0 Å². The van der Waals surface area contributed by atoms with Crippen LogP contribution in [0.5, 0.6) is 5.75 Å². The van der Waals surface area contributed by atoms with Crippen LogP contribution in [0.1, 0.15) is 5.56 Å². The minimum Gasteiger partial charge on any atom is -0.616 e. The van der Waals surface area contributed by atoms with Gasteiger partial charge in [0.2, 0.25) is 0 Å². The van der Waals surface area contributed by atoms with Gasteiger partial charge in [-0.15, -0.1) is 0 Å². The molecule has 0 spiro atoms. The van der Waals surface area contributed by atoms with E-state index in [4.69, 9.17) is 5.41 Å². The molecule has 13 heavy (non-hydrogen) atoms. The van der Waals surface area contributed by atoms with E-state index in [0.717, 1.165) is 0 Å². The third kappa shape index (κ3) is 2.75. The highest BCUT2D eigenvalue weighted by Gasteiger charge is 2.10. The molecule has 0 bridgehead atoms. The second kappa shape index (κ2) is 4.30. The van der Waals surface area contributed by atoms with Crippen molar-refractivity contribution < 1.29 is 9.66 Å². The number of para-hydroxylation sites is 1. The minimum atomic E-state index is -1.04. The van der Waals surface area contributed by atoms with Crippen molar-refractivity contribution in [2.45, 2.75) is 0 Å². The van der Waals surface area contributed by atoms with E-state index in [-0.39, 0.29) is 17.2 Å². The molecular formula is C9H11NO2S. The number of aromatic hydroxyl groups is 1. The van der Waals surface area contributed by atoms with Crippen LogP contribution >= 0.6 is 0 Å². The molecule has 0 saturated heterocycles. The predicted octanol–water partition coefficient (Wildman–Crippen LogP) is 1.14. The summed E-state index contributed by atoms with van der Waals surface area (Å²) in [5.41, 5.74) is 0.664. The van der Waals surface area contributed by atoms with Gasteiger partial charge in [0.15, 0.2) is 0 Å². The van der Waals surface area contributed by atoms with Gasteiger partial charge in [-0.25, -0.2) is 0 Å². The van der Waals surface area contributed by atoms with Gasteiger partial charge >= 0.3 is 0 Å². The summed E-state index contributed by atoms with van der Waals surface area (Å²) < 4.78 is 10.8. The topological polar surface area (TPSA) is 67.1 Å². The van der Waals surface area contributed by atoms with Crippen LogP contribution in [0.25, 0.3) is 0 Å². The van der Waals surface area contributed by atoms with Gasteiger partial charge in [-0.1, -0.05) is 23.3 Å². The number of hydrogen-bond acceptors (Lipinski definition) is 3. The van der Waals surface area contributed by atoms with E-state index < -0.39 is 11.2 Å². The molecular weight excluding hydrogens is 186 g/mol. The molecule has 3 nitrogen and oxygen atoms in total. The second-order valence-electron chi connectivity index (χ2n) is 2.71. The van der Waals surface area contributed by atoms with Crippen molar-refractivity contribution in [1.29, 1.82) is 5.41 Å². The first kappa shape index (κ1) is 10.1. The zero-order valence-corrected chi connectivity index (χ0v) is 8.10. The molecule has 0 aliphatic heterocycles. The molecule has 1 aromatic carbocycles. The molecule has 0 fully saturated rings. The van der Waals surface area contributed by atoms with Crippen molar-refractivity contribution in [3.05, 3.63) is 29.8 Å². The Morgan fingerprint density at radius 2 is 2.15 bits per heavy atom. The summed E-state index contributed by atoms with van der Waals surface area (Å²) in [5.74, 6) is 0.246. The van der Waals surface area contributed by atoms with Gasteiger partial charge in [-0.05, 0) is 12.1 Å². The Balaban J connectivity index is 2.83. The molecule has 0 aliphatic carbocycles. The molecule has 0 heterocycles. The number of rotatable bonds is 3. The average molecular weight is 197 g/mol. The highest BCUT2D eigenvalue weighted by Crippen LogP contribution is 2.16. The number of phenols is 1. The summed E-state index contributed by atoms with van der Waals surface area (Å²) in [5, 5.41) is 16.9. The number of phenolic OH excluding ortho intramolecular Hbond substituents is 1. The third-order valence-corrected chi connectivity index (χ3v) is 2.27. The lowest BCUT2D eigenvalue weighted by Gasteiger charge is -2.07. The van der Waals surface area contributed by atoms with E-state index in [9.17, 15) is 9.66 Å². The molecule has 1 rings (SSSR count). The van der Waals surface area contributed by atoms with E-state index in [2.05, 4.69) is 0 Å². The number of hydrogen-bond donors (Lipinski definition) is 2. The molecule has 0 aliphatic rings. The normalized spacial score (nSPS) is 12.5. The SMILES string of the molecule is C[S+]([O-])CC(=N)c1ccccc1O. The lowest BCUT2D eigenvalue weighted by Crippen LogP contribution is -2.14. The molecule has 1 aromatic rings. The van der Waals surface area contributed by atoms with Crippen LogP contribution in [0.3, 0.4) is 0 Å². The summed E-state index contributed by atoms with van der Waals surface area (Å²) in [7, 11) is 0. The Morgan fingerprint density at radius 1 is 1.54 bits per heavy atom. The molecule has 0 saturated carbocycles. The molecule has 0 amide bonds.